The van der Waals surface area contributed by atoms with E-state index in [1.165, 1.54) is 23.7 Å². The van der Waals surface area contributed by atoms with Gasteiger partial charge in [-0.1, -0.05) is 0 Å². The first-order chi connectivity index (χ1) is 10.4. The van der Waals surface area contributed by atoms with E-state index in [0.29, 0.717) is 5.92 Å². The van der Waals surface area contributed by atoms with Crippen LogP contribution in [0.2, 0.25) is 0 Å². The van der Waals surface area contributed by atoms with E-state index in [9.17, 15) is 4.79 Å². The molecule has 0 aromatic rings. The number of rotatable bonds is 4. The minimum absolute atomic E-state index is 0.156. The molecule has 2 unspecified atom stereocenters. The molecule has 0 saturated carbocycles. The number of piperidine rings is 1. The lowest BCUT2D eigenvalue weighted by atomic mass is 9.98. The molecule has 0 aromatic heterocycles. The topological polar surface area (TPSA) is 41.6 Å². The Bertz CT molecular complexity index is 355. The highest BCUT2D eigenvalue weighted by Gasteiger charge is 2.27. The molecule has 0 aliphatic carbocycles. The Balaban J connectivity index is 1.67. The summed E-state index contributed by atoms with van der Waals surface area (Å²) in [6.45, 7) is 9.55. The number of nitrogens with one attached hydrogen (secondary N) is 1. The summed E-state index contributed by atoms with van der Waals surface area (Å²) in [4.78, 5) is 14.0. The molecule has 1 N–H and O–H groups in total. The van der Waals surface area contributed by atoms with E-state index < -0.39 is 5.60 Å². The summed E-state index contributed by atoms with van der Waals surface area (Å²) in [5.74, 6) is 4.41. The summed E-state index contributed by atoms with van der Waals surface area (Å²) in [6.07, 6.45) is 2.13. The van der Waals surface area contributed by atoms with Crippen molar-refractivity contribution < 1.29 is 9.53 Å². The molecule has 2 saturated heterocycles. The summed E-state index contributed by atoms with van der Waals surface area (Å²) in [5.41, 5.74) is -0.405. The van der Waals surface area contributed by atoms with E-state index in [1.54, 1.807) is 0 Å². The summed E-state index contributed by atoms with van der Waals surface area (Å²) in [5, 5.41) is 4.37. The molecule has 2 atom stereocenters. The van der Waals surface area contributed by atoms with Crippen molar-refractivity contribution in [3.8, 4) is 0 Å². The maximum atomic E-state index is 12.2. The molecule has 1 amide bonds. The maximum absolute atomic E-state index is 12.2. The fourth-order valence-corrected chi connectivity index (χ4v) is 5.47. The molecule has 0 bridgehead atoms. The SMILES string of the molecule is CC(C)(C)OC(=O)N1CCCC(CNCC2CSCCS2)C1. The Morgan fingerprint density at radius 1 is 1.32 bits per heavy atom. The smallest absolute Gasteiger partial charge is 0.410 e. The van der Waals surface area contributed by atoms with Crippen LogP contribution in [-0.2, 0) is 4.74 Å². The third-order valence-electron chi connectivity index (χ3n) is 3.86. The van der Waals surface area contributed by atoms with E-state index in [4.69, 9.17) is 4.74 Å². The minimum atomic E-state index is -0.405. The van der Waals surface area contributed by atoms with E-state index in [0.717, 1.165) is 37.8 Å². The van der Waals surface area contributed by atoms with Crippen molar-refractivity contribution in [3.05, 3.63) is 0 Å². The van der Waals surface area contributed by atoms with Gasteiger partial charge in [0.1, 0.15) is 5.60 Å². The molecule has 2 aliphatic heterocycles. The number of nitrogens with zero attached hydrogens (tertiary/aromatic N) is 1. The third-order valence-corrected chi connectivity index (χ3v) is 6.71. The first-order valence-corrected chi connectivity index (χ1v) is 10.5. The molecule has 2 rings (SSSR count). The van der Waals surface area contributed by atoms with Crippen LogP contribution in [0.25, 0.3) is 0 Å². The van der Waals surface area contributed by atoms with Crippen molar-refractivity contribution in [2.75, 3.05) is 43.4 Å². The van der Waals surface area contributed by atoms with E-state index in [2.05, 4.69) is 28.8 Å². The number of amides is 1. The Morgan fingerprint density at radius 2 is 2.14 bits per heavy atom. The molecule has 4 nitrogen and oxygen atoms in total. The molecule has 22 heavy (non-hydrogen) atoms. The third kappa shape index (κ3) is 6.59. The Hall–Kier alpha value is -0.0700. The normalized spacial score (nSPS) is 26.8. The summed E-state index contributed by atoms with van der Waals surface area (Å²) < 4.78 is 5.49. The number of hydrogen-bond acceptors (Lipinski definition) is 5. The van der Waals surface area contributed by atoms with Crippen LogP contribution < -0.4 is 5.32 Å². The van der Waals surface area contributed by atoms with Crippen LogP contribution in [-0.4, -0.2) is 65.3 Å². The standard InChI is InChI=1S/C16H30N2O2S2/c1-16(2,3)20-15(19)18-6-4-5-13(11-18)9-17-10-14-12-21-7-8-22-14/h13-14,17H,4-12H2,1-3H3. The average molecular weight is 347 g/mol. The van der Waals surface area contributed by atoms with Gasteiger partial charge in [0.15, 0.2) is 0 Å². The van der Waals surface area contributed by atoms with Gasteiger partial charge in [-0.15, -0.1) is 0 Å². The van der Waals surface area contributed by atoms with Gasteiger partial charge in [0.2, 0.25) is 0 Å². The molecule has 2 aliphatic rings. The number of carbonyl (C=O) groups is 1. The van der Waals surface area contributed by atoms with Gasteiger partial charge in [0.25, 0.3) is 0 Å². The Kier molecular flexibility index (Phi) is 7.22. The monoisotopic (exact) mass is 346 g/mol. The average Bonchev–Trinajstić information content (AvgIpc) is 2.47. The lowest BCUT2D eigenvalue weighted by molar-refractivity contribution is 0.0166. The molecule has 128 valence electrons. The zero-order chi connectivity index (χ0) is 16.0. The van der Waals surface area contributed by atoms with Gasteiger partial charge in [0, 0.05) is 42.1 Å². The molecule has 0 spiro atoms. The van der Waals surface area contributed by atoms with Crippen LogP contribution in [0.3, 0.4) is 0 Å². The highest BCUT2D eigenvalue weighted by atomic mass is 32.2. The quantitative estimate of drug-likeness (QED) is 0.847. The number of ether oxygens (including phenoxy) is 1. The first kappa shape index (κ1) is 18.3. The second-order valence-electron chi connectivity index (χ2n) is 7.16. The van der Waals surface area contributed by atoms with Gasteiger partial charge in [-0.3, -0.25) is 0 Å². The highest BCUT2D eigenvalue weighted by molar-refractivity contribution is 8.06. The van der Waals surface area contributed by atoms with Crippen LogP contribution in [0.5, 0.6) is 0 Å². The number of carbonyl (C=O) groups excluding carboxylic acids is 1. The van der Waals surface area contributed by atoms with Gasteiger partial charge in [-0.25, -0.2) is 4.79 Å². The van der Waals surface area contributed by atoms with Gasteiger partial charge in [-0.2, -0.15) is 23.5 Å². The van der Waals surface area contributed by atoms with E-state index in [-0.39, 0.29) is 6.09 Å². The lowest BCUT2D eigenvalue weighted by Crippen LogP contribution is -2.45. The molecule has 6 heteroatoms. The largest absolute Gasteiger partial charge is 0.444 e. The minimum Gasteiger partial charge on any atom is -0.444 e. The van der Waals surface area contributed by atoms with Gasteiger partial charge in [0.05, 0.1) is 0 Å². The lowest BCUT2D eigenvalue weighted by Gasteiger charge is -2.34. The molecule has 0 aromatic carbocycles. The Morgan fingerprint density at radius 3 is 2.82 bits per heavy atom. The molecular formula is C16H30N2O2S2. The molecule has 2 fully saturated rings. The fraction of sp³-hybridized carbons (Fsp3) is 0.938. The van der Waals surface area contributed by atoms with Crippen molar-refractivity contribution in [2.45, 2.75) is 44.5 Å². The van der Waals surface area contributed by atoms with Crippen LogP contribution in [0.1, 0.15) is 33.6 Å². The van der Waals surface area contributed by atoms with Crippen molar-refractivity contribution in [1.82, 2.24) is 10.2 Å². The fourth-order valence-electron chi connectivity index (χ4n) is 2.83. The van der Waals surface area contributed by atoms with Crippen molar-refractivity contribution in [1.29, 1.82) is 0 Å². The zero-order valence-electron chi connectivity index (χ0n) is 14.1. The molecule has 2 heterocycles. The number of likely N-dealkylation sites (tertiary alicyclic amines) is 1. The van der Waals surface area contributed by atoms with E-state index >= 15 is 0 Å². The van der Waals surface area contributed by atoms with Crippen LogP contribution in [0.4, 0.5) is 4.79 Å². The van der Waals surface area contributed by atoms with Gasteiger partial charge < -0.3 is 15.0 Å². The number of hydrogen-bond donors (Lipinski definition) is 1. The molecular weight excluding hydrogens is 316 g/mol. The maximum Gasteiger partial charge on any atom is 0.410 e. The zero-order valence-corrected chi connectivity index (χ0v) is 15.7. The van der Waals surface area contributed by atoms with Crippen LogP contribution >= 0.6 is 23.5 Å². The molecule has 0 radical (unpaired) electrons. The van der Waals surface area contributed by atoms with Crippen molar-refractivity contribution >= 4 is 29.6 Å². The van der Waals surface area contributed by atoms with Crippen LogP contribution in [0.15, 0.2) is 0 Å². The van der Waals surface area contributed by atoms with Crippen molar-refractivity contribution in [3.63, 3.8) is 0 Å². The summed E-state index contributed by atoms with van der Waals surface area (Å²) in [6, 6.07) is 0. The second kappa shape index (κ2) is 8.69. The predicted molar refractivity (Wildman–Crippen MR) is 97.0 cm³/mol. The first-order valence-electron chi connectivity index (χ1n) is 8.32. The summed E-state index contributed by atoms with van der Waals surface area (Å²) in [7, 11) is 0. The van der Waals surface area contributed by atoms with Gasteiger partial charge >= 0.3 is 6.09 Å². The van der Waals surface area contributed by atoms with Crippen molar-refractivity contribution in [2.24, 2.45) is 5.92 Å². The predicted octanol–water partition coefficient (Wildman–Crippen LogP) is 3.07. The highest BCUT2D eigenvalue weighted by Crippen LogP contribution is 2.23. The van der Waals surface area contributed by atoms with E-state index in [1.807, 2.05) is 25.7 Å². The number of thioether (sulfide) groups is 2. The Labute approximate surface area is 143 Å². The summed E-state index contributed by atoms with van der Waals surface area (Å²) >= 11 is 4.16. The van der Waals surface area contributed by atoms with Gasteiger partial charge in [-0.05, 0) is 46.1 Å². The second-order valence-corrected chi connectivity index (χ2v) is 9.72. The van der Waals surface area contributed by atoms with Crippen LogP contribution in [0, 0.1) is 5.92 Å².